The quantitative estimate of drug-likeness (QED) is 0.743. The molecule has 9 nitrogen and oxygen atoms in total. The number of oxazole rings is 1. The predicted octanol–water partition coefficient (Wildman–Crippen LogP) is 0.927. The van der Waals surface area contributed by atoms with E-state index in [1.54, 1.807) is 0 Å². The van der Waals surface area contributed by atoms with Gasteiger partial charge in [-0.05, 0) is 45.0 Å². The van der Waals surface area contributed by atoms with Gasteiger partial charge in [-0.2, -0.15) is 4.31 Å². The monoisotopic (exact) mass is 397 g/mol. The number of aliphatic carboxylic acids is 1. The van der Waals surface area contributed by atoms with Gasteiger partial charge in [0, 0.05) is 31.6 Å². The van der Waals surface area contributed by atoms with Gasteiger partial charge in [0.2, 0.25) is 10.0 Å². The van der Waals surface area contributed by atoms with Crippen molar-refractivity contribution in [2.75, 3.05) is 27.2 Å². The number of carboxylic acid groups (broad SMARTS) is 1. The number of rotatable bonds is 6. The van der Waals surface area contributed by atoms with E-state index in [1.807, 2.05) is 19.0 Å². The van der Waals surface area contributed by atoms with Crippen molar-refractivity contribution in [3.63, 3.8) is 0 Å². The fourth-order valence-corrected chi connectivity index (χ4v) is 5.24. The highest BCUT2D eigenvalue weighted by Gasteiger charge is 2.36. The van der Waals surface area contributed by atoms with Crippen LogP contribution in [-0.4, -0.2) is 66.9 Å². The molecule has 2 heterocycles. The van der Waals surface area contributed by atoms with Crippen molar-refractivity contribution in [3.05, 3.63) is 28.7 Å². The maximum atomic E-state index is 13.1. The first-order chi connectivity index (χ1) is 12.7. The lowest BCUT2D eigenvalue weighted by atomic mass is 9.88. The topological polar surface area (TPSA) is 124 Å². The Kier molecular flexibility index (Phi) is 5.41. The molecule has 27 heavy (non-hydrogen) atoms. The van der Waals surface area contributed by atoms with Gasteiger partial charge >= 0.3 is 11.7 Å². The van der Waals surface area contributed by atoms with Crippen LogP contribution in [0, 0.1) is 5.92 Å². The lowest BCUT2D eigenvalue weighted by Gasteiger charge is -2.40. The van der Waals surface area contributed by atoms with Gasteiger partial charge in [-0.25, -0.2) is 13.2 Å². The number of hydrogen-bond acceptors (Lipinski definition) is 6. The Balaban J connectivity index is 1.86. The normalized spacial score (nSPS) is 21.7. The summed E-state index contributed by atoms with van der Waals surface area (Å²) in [6.07, 6.45) is 1.04. The molecule has 0 saturated carbocycles. The molecule has 1 aromatic carbocycles. The van der Waals surface area contributed by atoms with Gasteiger partial charge in [-0.3, -0.25) is 9.78 Å². The first kappa shape index (κ1) is 19.6. The molecule has 148 valence electrons. The number of aromatic amines is 1. The van der Waals surface area contributed by atoms with Gasteiger partial charge in [0.1, 0.15) is 0 Å². The van der Waals surface area contributed by atoms with Crippen LogP contribution in [0.25, 0.3) is 11.1 Å². The number of fused-ring (bicyclic) bond motifs is 1. The Hall–Kier alpha value is -2.17. The van der Waals surface area contributed by atoms with Crippen LogP contribution in [0.3, 0.4) is 0 Å². The Bertz CT molecular complexity index is 994. The second-order valence-corrected chi connectivity index (χ2v) is 8.99. The number of sulfonamides is 1. The van der Waals surface area contributed by atoms with Crippen molar-refractivity contribution in [1.29, 1.82) is 0 Å². The molecule has 1 fully saturated rings. The Morgan fingerprint density at radius 1 is 1.41 bits per heavy atom. The first-order valence-corrected chi connectivity index (χ1v) is 10.1. The van der Waals surface area contributed by atoms with E-state index >= 15 is 0 Å². The van der Waals surface area contributed by atoms with E-state index in [0.29, 0.717) is 24.9 Å². The van der Waals surface area contributed by atoms with E-state index in [1.165, 1.54) is 22.5 Å². The average Bonchev–Trinajstić information content (AvgIpc) is 2.98. The van der Waals surface area contributed by atoms with Crippen LogP contribution < -0.4 is 5.76 Å². The number of piperidine rings is 1. The molecule has 0 bridgehead atoms. The SMILES string of the molecule is CN(C)[C@@H]1CCN(S(=O)(=O)c2ccc3[nH]c(=O)oc3c2)C[C@@H]1CCC(=O)O. The average molecular weight is 397 g/mol. The highest BCUT2D eigenvalue weighted by atomic mass is 32.2. The molecule has 2 aromatic rings. The summed E-state index contributed by atoms with van der Waals surface area (Å²) in [4.78, 5) is 26.8. The predicted molar refractivity (Wildman–Crippen MR) is 98.0 cm³/mol. The van der Waals surface area contributed by atoms with Crippen LogP contribution in [-0.2, 0) is 14.8 Å². The van der Waals surface area contributed by atoms with Crippen molar-refractivity contribution in [1.82, 2.24) is 14.2 Å². The molecule has 0 unspecified atom stereocenters. The van der Waals surface area contributed by atoms with E-state index in [4.69, 9.17) is 9.52 Å². The van der Waals surface area contributed by atoms with Crippen molar-refractivity contribution < 1.29 is 22.7 Å². The third kappa shape index (κ3) is 4.07. The van der Waals surface area contributed by atoms with Gasteiger partial charge in [0.25, 0.3) is 0 Å². The molecule has 1 aromatic heterocycles. The van der Waals surface area contributed by atoms with Crippen molar-refractivity contribution in [3.8, 4) is 0 Å². The summed E-state index contributed by atoms with van der Waals surface area (Å²) in [6.45, 7) is 0.609. The highest BCUT2D eigenvalue weighted by Crippen LogP contribution is 2.29. The second-order valence-electron chi connectivity index (χ2n) is 7.05. The summed E-state index contributed by atoms with van der Waals surface area (Å²) < 4.78 is 32.5. The van der Waals surface area contributed by atoms with Crippen LogP contribution in [0.5, 0.6) is 0 Å². The highest BCUT2D eigenvalue weighted by molar-refractivity contribution is 7.89. The Labute approximate surface area is 156 Å². The molecular formula is C17H23N3O6S. The van der Waals surface area contributed by atoms with E-state index in [9.17, 15) is 18.0 Å². The van der Waals surface area contributed by atoms with Crippen LogP contribution in [0.15, 0.2) is 32.3 Å². The zero-order chi connectivity index (χ0) is 19.8. The molecule has 2 N–H and O–H groups in total. The van der Waals surface area contributed by atoms with Gasteiger partial charge in [-0.15, -0.1) is 0 Å². The second kappa shape index (κ2) is 7.45. The van der Waals surface area contributed by atoms with Gasteiger partial charge in [0.05, 0.1) is 10.4 Å². The standard InChI is InChI=1S/C17H23N3O6S/c1-19(2)14-7-8-20(10-11(14)3-6-16(21)22)27(24,25)12-4-5-13-15(9-12)26-17(23)18-13/h4-5,9,11,14H,3,6-8,10H2,1-2H3,(H,18,23)(H,21,22)/t11-,14+/m0/s1. The first-order valence-electron chi connectivity index (χ1n) is 8.69. The van der Waals surface area contributed by atoms with Gasteiger partial charge in [0.15, 0.2) is 5.58 Å². The maximum Gasteiger partial charge on any atom is 0.417 e. The summed E-state index contributed by atoms with van der Waals surface area (Å²) in [5.74, 6) is -1.60. The molecule has 1 aliphatic heterocycles. The molecule has 10 heteroatoms. The number of hydrogen-bond donors (Lipinski definition) is 2. The smallest absolute Gasteiger partial charge is 0.417 e. The zero-order valence-corrected chi connectivity index (χ0v) is 16.0. The number of carbonyl (C=O) groups is 1. The van der Waals surface area contributed by atoms with E-state index in [0.717, 1.165) is 0 Å². The summed E-state index contributed by atoms with van der Waals surface area (Å²) >= 11 is 0. The number of H-pyrrole nitrogens is 1. The molecule has 1 aliphatic rings. The van der Waals surface area contributed by atoms with Gasteiger partial charge in [-0.1, -0.05) is 0 Å². The molecule has 0 aliphatic carbocycles. The fraction of sp³-hybridized carbons (Fsp3) is 0.529. The summed E-state index contributed by atoms with van der Waals surface area (Å²) in [6, 6.07) is 4.41. The molecule has 0 radical (unpaired) electrons. The van der Waals surface area contributed by atoms with Gasteiger partial charge < -0.3 is 14.4 Å². The minimum absolute atomic E-state index is 0.00333. The molecule has 1 saturated heterocycles. The molecular weight excluding hydrogens is 374 g/mol. The zero-order valence-electron chi connectivity index (χ0n) is 15.2. The number of benzene rings is 1. The Morgan fingerprint density at radius 2 is 2.15 bits per heavy atom. The van der Waals surface area contributed by atoms with Crippen LogP contribution in [0.1, 0.15) is 19.3 Å². The third-order valence-corrected chi connectivity index (χ3v) is 6.94. The minimum Gasteiger partial charge on any atom is -0.481 e. The maximum absolute atomic E-state index is 13.1. The molecule has 0 amide bonds. The van der Waals surface area contributed by atoms with E-state index < -0.39 is 21.7 Å². The molecule has 3 rings (SSSR count). The number of aromatic nitrogens is 1. The third-order valence-electron chi connectivity index (χ3n) is 5.08. The summed E-state index contributed by atoms with van der Waals surface area (Å²) in [5, 5.41) is 8.99. The largest absolute Gasteiger partial charge is 0.481 e. The van der Waals surface area contributed by atoms with Crippen molar-refractivity contribution in [2.45, 2.75) is 30.2 Å². The summed E-state index contributed by atoms with van der Waals surface area (Å²) in [5.41, 5.74) is 0.622. The molecule has 2 atom stereocenters. The van der Waals surface area contributed by atoms with Crippen LogP contribution in [0.4, 0.5) is 0 Å². The Morgan fingerprint density at radius 3 is 2.81 bits per heavy atom. The fourth-order valence-electron chi connectivity index (χ4n) is 3.71. The lowest BCUT2D eigenvalue weighted by Crippen LogP contribution is -2.50. The van der Waals surface area contributed by atoms with E-state index in [2.05, 4.69) is 4.98 Å². The number of nitrogens with zero attached hydrogens (tertiary/aromatic N) is 2. The number of carboxylic acids is 1. The number of nitrogens with one attached hydrogen (secondary N) is 1. The summed E-state index contributed by atoms with van der Waals surface area (Å²) in [7, 11) is 0.0688. The van der Waals surface area contributed by atoms with Crippen molar-refractivity contribution >= 4 is 27.1 Å². The van der Waals surface area contributed by atoms with Crippen LogP contribution >= 0.6 is 0 Å². The van der Waals surface area contributed by atoms with Crippen LogP contribution in [0.2, 0.25) is 0 Å². The molecule has 0 spiro atoms. The van der Waals surface area contributed by atoms with E-state index in [-0.39, 0.29) is 35.4 Å². The van der Waals surface area contributed by atoms with Crippen molar-refractivity contribution in [2.24, 2.45) is 5.92 Å². The lowest BCUT2D eigenvalue weighted by molar-refractivity contribution is -0.137. The minimum atomic E-state index is -3.77.